The number of carbonyl (C=O) groups excluding carboxylic acids is 1. The van der Waals surface area contributed by atoms with Crippen molar-refractivity contribution in [2.75, 3.05) is 6.61 Å². The molecule has 1 aromatic heterocycles. The number of ether oxygens (including phenoxy) is 2. The summed E-state index contributed by atoms with van der Waals surface area (Å²) in [5, 5.41) is 0. The molecule has 0 atom stereocenters. The quantitative estimate of drug-likeness (QED) is 0.711. The van der Waals surface area contributed by atoms with E-state index < -0.39 is 0 Å². The molecule has 1 aromatic rings. The van der Waals surface area contributed by atoms with Crippen molar-refractivity contribution in [3.8, 4) is 5.75 Å². The summed E-state index contributed by atoms with van der Waals surface area (Å²) in [6, 6.07) is 1.29. The summed E-state index contributed by atoms with van der Waals surface area (Å²) in [5.41, 5.74) is -0.266. The lowest BCUT2D eigenvalue weighted by Gasteiger charge is -2.07. The highest BCUT2D eigenvalue weighted by Crippen LogP contribution is 2.09. The third kappa shape index (κ3) is 5.59. The molecule has 106 valence electrons. The Labute approximate surface area is 112 Å². The third-order valence-electron chi connectivity index (χ3n) is 2.47. The molecule has 0 saturated carbocycles. The summed E-state index contributed by atoms with van der Waals surface area (Å²) < 4.78 is 15.4. The first-order valence-corrected chi connectivity index (χ1v) is 6.43. The van der Waals surface area contributed by atoms with Crippen LogP contribution in [0.3, 0.4) is 0 Å². The first-order valence-electron chi connectivity index (χ1n) is 6.43. The molecule has 0 amide bonds. The Morgan fingerprint density at radius 2 is 2.16 bits per heavy atom. The molecule has 0 aromatic carbocycles. The minimum absolute atomic E-state index is 0.0335. The van der Waals surface area contributed by atoms with E-state index in [2.05, 4.69) is 13.8 Å². The first-order chi connectivity index (χ1) is 9.02. The normalized spacial score (nSPS) is 10.5. The Balaban J connectivity index is 2.54. The average Bonchev–Trinajstić information content (AvgIpc) is 2.37. The molecule has 1 rings (SSSR count). The van der Waals surface area contributed by atoms with E-state index in [1.165, 1.54) is 12.3 Å². The molecule has 5 nitrogen and oxygen atoms in total. The zero-order chi connectivity index (χ0) is 14.3. The van der Waals surface area contributed by atoms with Crippen molar-refractivity contribution in [2.45, 2.75) is 40.2 Å². The molecule has 0 aliphatic carbocycles. The van der Waals surface area contributed by atoms with Crippen LogP contribution in [0.15, 0.2) is 21.5 Å². The van der Waals surface area contributed by atoms with Crippen molar-refractivity contribution >= 4 is 5.97 Å². The maximum Gasteiger partial charge on any atom is 0.305 e. The van der Waals surface area contributed by atoms with Gasteiger partial charge in [0, 0.05) is 12.5 Å². The van der Waals surface area contributed by atoms with Crippen molar-refractivity contribution in [1.82, 2.24) is 0 Å². The number of rotatable bonds is 7. The van der Waals surface area contributed by atoms with E-state index >= 15 is 0 Å². The maximum absolute atomic E-state index is 11.7. The number of carbonyl (C=O) groups is 1. The van der Waals surface area contributed by atoms with Crippen molar-refractivity contribution in [2.24, 2.45) is 5.92 Å². The van der Waals surface area contributed by atoms with Gasteiger partial charge in [-0.1, -0.05) is 20.8 Å². The van der Waals surface area contributed by atoms with E-state index in [1.54, 1.807) is 6.92 Å². The zero-order valence-corrected chi connectivity index (χ0v) is 11.6. The summed E-state index contributed by atoms with van der Waals surface area (Å²) in [7, 11) is 0. The van der Waals surface area contributed by atoms with Crippen LogP contribution in [-0.2, 0) is 16.1 Å². The highest BCUT2D eigenvalue weighted by Gasteiger charge is 2.07. The maximum atomic E-state index is 11.7. The van der Waals surface area contributed by atoms with E-state index in [4.69, 9.17) is 13.9 Å². The van der Waals surface area contributed by atoms with Crippen LogP contribution in [0.2, 0.25) is 0 Å². The lowest BCUT2D eigenvalue weighted by atomic mass is 10.1. The predicted octanol–water partition coefficient (Wildman–Crippen LogP) is 2.52. The molecular formula is C14H20O5. The average molecular weight is 268 g/mol. The van der Waals surface area contributed by atoms with Gasteiger partial charge in [0.2, 0.25) is 11.2 Å². The molecule has 0 bridgehead atoms. The van der Waals surface area contributed by atoms with Crippen LogP contribution in [0, 0.1) is 5.92 Å². The smallest absolute Gasteiger partial charge is 0.305 e. The van der Waals surface area contributed by atoms with Crippen LogP contribution < -0.4 is 10.2 Å². The number of hydrogen-bond donors (Lipinski definition) is 0. The monoisotopic (exact) mass is 268 g/mol. The minimum Gasteiger partial charge on any atom is -0.487 e. The molecule has 0 aliphatic heterocycles. The van der Waals surface area contributed by atoms with Crippen LogP contribution >= 0.6 is 0 Å². The van der Waals surface area contributed by atoms with Crippen LogP contribution in [0.25, 0.3) is 0 Å². The Morgan fingerprint density at radius 1 is 1.42 bits per heavy atom. The zero-order valence-electron chi connectivity index (χ0n) is 11.6. The van der Waals surface area contributed by atoms with Gasteiger partial charge >= 0.3 is 5.97 Å². The highest BCUT2D eigenvalue weighted by atomic mass is 16.5. The fraction of sp³-hybridized carbons (Fsp3) is 0.571. The van der Waals surface area contributed by atoms with Gasteiger partial charge in [-0.05, 0) is 12.3 Å². The van der Waals surface area contributed by atoms with Crippen molar-refractivity contribution in [1.29, 1.82) is 0 Å². The van der Waals surface area contributed by atoms with Crippen LogP contribution in [-0.4, -0.2) is 12.6 Å². The second-order valence-electron chi connectivity index (χ2n) is 4.62. The molecule has 0 N–H and O–H groups in total. The Bertz CT molecular complexity index is 461. The SMILES string of the molecule is CCC(=O)OCc1cc(=O)c(OCCC(C)C)co1. The largest absolute Gasteiger partial charge is 0.487 e. The van der Waals surface area contributed by atoms with Gasteiger partial charge < -0.3 is 13.9 Å². The van der Waals surface area contributed by atoms with Crippen LogP contribution in [0.4, 0.5) is 0 Å². The van der Waals surface area contributed by atoms with Crippen molar-refractivity contribution in [3.63, 3.8) is 0 Å². The Hall–Kier alpha value is -1.78. The van der Waals surface area contributed by atoms with Gasteiger partial charge in [0.25, 0.3) is 0 Å². The molecule has 0 unspecified atom stereocenters. The minimum atomic E-state index is -0.333. The standard InChI is InChI=1S/C14H20O5/c1-4-14(16)19-8-11-7-12(15)13(9-18-11)17-6-5-10(2)3/h7,9-10H,4-6,8H2,1-3H3. The van der Waals surface area contributed by atoms with Crippen molar-refractivity contribution in [3.05, 3.63) is 28.3 Å². The molecule has 0 saturated heterocycles. The van der Waals surface area contributed by atoms with E-state index in [1.807, 2.05) is 0 Å². The van der Waals surface area contributed by atoms with Gasteiger partial charge in [-0.15, -0.1) is 0 Å². The summed E-state index contributed by atoms with van der Waals surface area (Å²) in [6.45, 7) is 6.30. The molecule has 0 aliphatic rings. The lowest BCUT2D eigenvalue weighted by Crippen LogP contribution is -2.11. The number of hydrogen-bond acceptors (Lipinski definition) is 5. The van der Waals surface area contributed by atoms with E-state index in [0.717, 1.165) is 6.42 Å². The van der Waals surface area contributed by atoms with Gasteiger partial charge in [0.1, 0.15) is 18.6 Å². The summed E-state index contributed by atoms with van der Waals surface area (Å²) in [5.74, 6) is 0.675. The summed E-state index contributed by atoms with van der Waals surface area (Å²) >= 11 is 0. The fourth-order valence-corrected chi connectivity index (χ4v) is 1.28. The molecule has 1 heterocycles. The molecule has 19 heavy (non-hydrogen) atoms. The fourth-order valence-electron chi connectivity index (χ4n) is 1.28. The third-order valence-corrected chi connectivity index (χ3v) is 2.47. The van der Waals surface area contributed by atoms with Crippen LogP contribution in [0.5, 0.6) is 5.75 Å². The van der Waals surface area contributed by atoms with Gasteiger partial charge in [-0.3, -0.25) is 9.59 Å². The second kappa shape index (κ2) is 7.61. The molecule has 0 spiro atoms. The topological polar surface area (TPSA) is 65.7 Å². The number of esters is 1. The Kier molecular flexibility index (Phi) is 6.12. The Morgan fingerprint density at radius 3 is 2.74 bits per heavy atom. The first kappa shape index (κ1) is 15.3. The van der Waals surface area contributed by atoms with Gasteiger partial charge in [0.05, 0.1) is 6.61 Å². The van der Waals surface area contributed by atoms with E-state index in [0.29, 0.717) is 24.7 Å². The van der Waals surface area contributed by atoms with E-state index in [9.17, 15) is 9.59 Å². The molecular weight excluding hydrogens is 248 g/mol. The molecule has 0 radical (unpaired) electrons. The predicted molar refractivity (Wildman–Crippen MR) is 70.0 cm³/mol. The van der Waals surface area contributed by atoms with Crippen molar-refractivity contribution < 1.29 is 18.7 Å². The highest BCUT2D eigenvalue weighted by molar-refractivity contribution is 5.68. The van der Waals surface area contributed by atoms with E-state index in [-0.39, 0.29) is 23.8 Å². The molecule has 5 heteroatoms. The van der Waals surface area contributed by atoms with Gasteiger partial charge in [-0.25, -0.2) is 0 Å². The summed E-state index contributed by atoms with van der Waals surface area (Å²) in [4.78, 5) is 22.7. The van der Waals surface area contributed by atoms with Crippen LogP contribution in [0.1, 0.15) is 39.4 Å². The summed E-state index contributed by atoms with van der Waals surface area (Å²) in [6.07, 6.45) is 2.42. The van der Waals surface area contributed by atoms with Gasteiger partial charge in [-0.2, -0.15) is 0 Å². The molecule has 0 fully saturated rings. The lowest BCUT2D eigenvalue weighted by molar-refractivity contribution is -0.145. The van der Waals surface area contributed by atoms with Gasteiger partial charge in [0.15, 0.2) is 0 Å². The second-order valence-corrected chi connectivity index (χ2v) is 4.62.